The lowest BCUT2D eigenvalue weighted by atomic mass is 10.1. The van der Waals surface area contributed by atoms with Gasteiger partial charge in [-0.05, 0) is 59.1 Å². The highest BCUT2D eigenvalue weighted by molar-refractivity contribution is 9.10. The van der Waals surface area contributed by atoms with Crippen molar-refractivity contribution in [3.8, 4) is 0 Å². The van der Waals surface area contributed by atoms with E-state index in [1.807, 2.05) is 31.2 Å². The quantitative estimate of drug-likeness (QED) is 0.848. The molecular weight excluding hydrogens is 340 g/mol. The highest BCUT2D eigenvalue weighted by Crippen LogP contribution is 2.14. The van der Waals surface area contributed by atoms with E-state index in [1.165, 1.54) is 0 Å². The molecule has 5 heteroatoms. The van der Waals surface area contributed by atoms with Crippen LogP contribution in [-0.2, 0) is 6.42 Å². The Morgan fingerprint density at radius 2 is 2.20 bits per heavy atom. The maximum atomic E-state index is 12.1. The van der Waals surface area contributed by atoms with Crippen molar-refractivity contribution in [3.63, 3.8) is 0 Å². The minimum atomic E-state index is -0.139. The van der Waals surface area contributed by atoms with E-state index in [4.69, 9.17) is 11.6 Å². The predicted octanol–water partition coefficient (Wildman–Crippen LogP) is 3.86. The number of carbonyl (C=O) groups is 1. The Bertz CT molecular complexity index is 618. The molecule has 0 aliphatic carbocycles. The normalized spacial score (nSPS) is 11.9. The van der Waals surface area contributed by atoms with Gasteiger partial charge in [-0.3, -0.25) is 4.79 Å². The predicted molar refractivity (Wildman–Crippen MR) is 84.0 cm³/mol. The molecule has 0 fully saturated rings. The van der Waals surface area contributed by atoms with Gasteiger partial charge in [-0.15, -0.1) is 0 Å². The number of benzene rings is 1. The molecule has 1 unspecified atom stereocenters. The summed E-state index contributed by atoms with van der Waals surface area (Å²) in [7, 11) is 0. The van der Waals surface area contributed by atoms with Crippen LogP contribution >= 0.6 is 27.5 Å². The van der Waals surface area contributed by atoms with Crippen molar-refractivity contribution < 1.29 is 4.79 Å². The SMILES string of the molecule is CC(Cc1cccc(Cl)c1)NC(=O)c1cccnc1Br. The van der Waals surface area contributed by atoms with Crippen LogP contribution in [0.3, 0.4) is 0 Å². The Morgan fingerprint density at radius 1 is 1.40 bits per heavy atom. The summed E-state index contributed by atoms with van der Waals surface area (Å²) in [4.78, 5) is 16.2. The molecule has 2 rings (SSSR count). The summed E-state index contributed by atoms with van der Waals surface area (Å²) in [5, 5.41) is 3.66. The van der Waals surface area contributed by atoms with E-state index >= 15 is 0 Å². The number of rotatable bonds is 4. The molecule has 0 saturated heterocycles. The van der Waals surface area contributed by atoms with Crippen molar-refractivity contribution in [1.29, 1.82) is 0 Å². The third-order valence-electron chi connectivity index (χ3n) is 2.81. The van der Waals surface area contributed by atoms with Gasteiger partial charge in [0.1, 0.15) is 4.60 Å². The van der Waals surface area contributed by atoms with Crippen LogP contribution in [-0.4, -0.2) is 16.9 Å². The molecule has 0 spiro atoms. The van der Waals surface area contributed by atoms with E-state index in [2.05, 4.69) is 26.2 Å². The van der Waals surface area contributed by atoms with Gasteiger partial charge >= 0.3 is 0 Å². The van der Waals surface area contributed by atoms with Crippen molar-refractivity contribution in [2.75, 3.05) is 0 Å². The highest BCUT2D eigenvalue weighted by Gasteiger charge is 2.13. The summed E-state index contributed by atoms with van der Waals surface area (Å²) in [6.45, 7) is 1.96. The number of amides is 1. The number of nitrogens with zero attached hydrogens (tertiary/aromatic N) is 1. The Kier molecular flexibility index (Phi) is 5.15. The average molecular weight is 354 g/mol. The van der Waals surface area contributed by atoms with Crippen molar-refractivity contribution in [3.05, 3.63) is 63.3 Å². The minimum absolute atomic E-state index is 0.00747. The van der Waals surface area contributed by atoms with Crippen LogP contribution in [0, 0.1) is 0 Å². The van der Waals surface area contributed by atoms with Gasteiger partial charge in [0, 0.05) is 17.3 Å². The molecule has 0 aliphatic rings. The second kappa shape index (κ2) is 6.86. The molecule has 0 aliphatic heterocycles. The van der Waals surface area contributed by atoms with Gasteiger partial charge in [-0.1, -0.05) is 23.7 Å². The number of hydrogen-bond donors (Lipinski definition) is 1. The van der Waals surface area contributed by atoms with Crippen LogP contribution in [0.15, 0.2) is 47.2 Å². The maximum Gasteiger partial charge on any atom is 0.254 e. The van der Waals surface area contributed by atoms with Gasteiger partial charge in [0.25, 0.3) is 5.91 Å². The average Bonchev–Trinajstić information content (AvgIpc) is 2.38. The molecular formula is C15H14BrClN2O. The van der Waals surface area contributed by atoms with Crippen molar-refractivity contribution in [2.24, 2.45) is 0 Å². The van der Waals surface area contributed by atoms with Gasteiger partial charge in [-0.2, -0.15) is 0 Å². The van der Waals surface area contributed by atoms with Crippen LogP contribution in [0.2, 0.25) is 5.02 Å². The third-order valence-corrected chi connectivity index (χ3v) is 3.68. The fourth-order valence-electron chi connectivity index (χ4n) is 1.93. The van der Waals surface area contributed by atoms with Crippen LogP contribution < -0.4 is 5.32 Å². The van der Waals surface area contributed by atoms with Crippen LogP contribution in [0.25, 0.3) is 0 Å². The largest absolute Gasteiger partial charge is 0.349 e. The topological polar surface area (TPSA) is 42.0 Å². The van der Waals surface area contributed by atoms with Crippen molar-refractivity contribution in [1.82, 2.24) is 10.3 Å². The Balaban J connectivity index is 2.00. The van der Waals surface area contributed by atoms with Gasteiger partial charge in [0.15, 0.2) is 0 Å². The molecule has 3 nitrogen and oxygen atoms in total. The van der Waals surface area contributed by atoms with Crippen molar-refractivity contribution >= 4 is 33.4 Å². The van der Waals surface area contributed by atoms with E-state index in [0.29, 0.717) is 15.2 Å². The molecule has 1 heterocycles. The van der Waals surface area contributed by atoms with Gasteiger partial charge < -0.3 is 5.32 Å². The van der Waals surface area contributed by atoms with Crippen LogP contribution in [0.1, 0.15) is 22.8 Å². The first-order chi connectivity index (χ1) is 9.56. The second-order valence-electron chi connectivity index (χ2n) is 4.55. The first kappa shape index (κ1) is 15.0. The summed E-state index contributed by atoms with van der Waals surface area (Å²) in [6, 6.07) is 11.1. The Hall–Kier alpha value is -1.39. The summed E-state index contributed by atoms with van der Waals surface area (Å²) < 4.78 is 0.549. The molecule has 0 saturated carbocycles. The first-order valence-electron chi connectivity index (χ1n) is 6.22. The van der Waals surface area contributed by atoms with E-state index < -0.39 is 0 Å². The second-order valence-corrected chi connectivity index (χ2v) is 5.74. The van der Waals surface area contributed by atoms with E-state index in [-0.39, 0.29) is 11.9 Å². The van der Waals surface area contributed by atoms with Crippen LogP contribution in [0.5, 0.6) is 0 Å². The van der Waals surface area contributed by atoms with Crippen LogP contribution in [0.4, 0.5) is 0 Å². The summed E-state index contributed by atoms with van der Waals surface area (Å²) >= 11 is 9.22. The molecule has 2 aromatic rings. The number of nitrogens with one attached hydrogen (secondary N) is 1. The molecule has 0 bridgehead atoms. The van der Waals surface area contributed by atoms with E-state index in [0.717, 1.165) is 12.0 Å². The zero-order chi connectivity index (χ0) is 14.5. The first-order valence-corrected chi connectivity index (χ1v) is 7.39. The molecule has 0 radical (unpaired) electrons. The third kappa shape index (κ3) is 4.05. The number of halogens is 2. The van der Waals surface area contributed by atoms with Gasteiger partial charge in [0.05, 0.1) is 5.56 Å². The molecule has 1 atom stereocenters. The summed E-state index contributed by atoms with van der Waals surface area (Å²) in [5.74, 6) is -0.139. The summed E-state index contributed by atoms with van der Waals surface area (Å²) in [6.07, 6.45) is 2.36. The standard InChI is InChI=1S/C15H14BrClN2O/c1-10(8-11-4-2-5-12(17)9-11)19-15(20)13-6-3-7-18-14(13)16/h2-7,9-10H,8H2,1H3,(H,19,20). The summed E-state index contributed by atoms with van der Waals surface area (Å²) in [5.41, 5.74) is 1.63. The molecule has 1 amide bonds. The van der Waals surface area contributed by atoms with Gasteiger partial charge in [0.2, 0.25) is 0 Å². The molecule has 1 aromatic carbocycles. The molecule has 104 valence electrons. The fraction of sp³-hybridized carbons (Fsp3) is 0.200. The smallest absolute Gasteiger partial charge is 0.254 e. The monoisotopic (exact) mass is 352 g/mol. The van der Waals surface area contributed by atoms with E-state index in [9.17, 15) is 4.79 Å². The minimum Gasteiger partial charge on any atom is -0.349 e. The fourth-order valence-corrected chi connectivity index (χ4v) is 2.57. The van der Waals surface area contributed by atoms with Crippen molar-refractivity contribution in [2.45, 2.75) is 19.4 Å². The Labute approximate surface area is 131 Å². The molecule has 20 heavy (non-hydrogen) atoms. The lowest BCUT2D eigenvalue weighted by Crippen LogP contribution is -2.34. The lowest BCUT2D eigenvalue weighted by molar-refractivity contribution is 0.0939. The highest BCUT2D eigenvalue weighted by atomic mass is 79.9. The molecule has 1 aromatic heterocycles. The maximum absolute atomic E-state index is 12.1. The number of carbonyl (C=O) groups excluding carboxylic acids is 1. The zero-order valence-electron chi connectivity index (χ0n) is 10.9. The molecule has 1 N–H and O–H groups in total. The zero-order valence-corrected chi connectivity index (χ0v) is 13.3. The number of pyridine rings is 1. The van der Waals surface area contributed by atoms with E-state index in [1.54, 1.807) is 18.3 Å². The lowest BCUT2D eigenvalue weighted by Gasteiger charge is -2.14. The Morgan fingerprint density at radius 3 is 2.90 bits per heavy atom. The number of aromatic nitrogens is 1. The number of hydrogen-bond acceptors (Lipinski definition) is 2. The van der Waals surface area contributed by atoms with Gasteiger partial charge in [-0.25, -0.2) is 4.98 Å².